The molecule has 0 bridgehead atoms. The first-order valence-electron chi connectivity index (χ1n) is 12.5. The van der Waals surface area contributed by atoms with Gasteiger partial charge in [-0.25, -0.2) is 9.97 Å². The Labute approximate surface area is 218 Å². The van der Waals surface area contributed by atoms with Crippen LogP contribution in [0, 0.1) is 11.8 Å². The van der Waals surface area contributed by atoms with E-state index in [2.05, 4.69) is 37.8 Å². The maximum Gasteiger partial charge on any atom is 0.416 e. The lowest BCUT2D eigenvalue weighted by molar-refractivity contribution is -0.138. The van der Waals surface area contributed by atoms with Gasteiger partial charge in [0, 0.05) is 67.8 Å². The maximum atomic E-state index is 13.8. The van der Waals surface area contributed by atoms with Gasteiger partial charge < -0.3 is 16.0 Å². The molecule has 2 aliphatic rings. The first-order chi connectivity index (χ1) is 18.3. The summed E-state index contributed by atoms with van der Waals surface area (Å²) in [6.07, 6.45) is 0.921. The van der Waals surface area contributed by atoms with Crippen molar-refractivity contribution >= 4 is 17.5 Å². The number of pyridine rings is 2. The minimum Gasteiger partial charge on any atom is -0.367 e. The molecule has 38 heavy (non-hydrogen) atoms. The lowest BCUT2D eigenvalue weighted by Crippen LogP contribution is -2.43. The first-order valence-corrected chi connectivity index (χ1v) is 12.5. The van der Waals surface area contributed by atoms with Crippen LogP contribution in [0.3, 0.4) is 0 Å². The number of carbonyl (C=O) groups is 1. The molecule has 2 aromatic heterocycles. The quantitative estimate of drug-likeness (QED) is 0.424. The maximum absolute atomic E-state index is 13.8. The van der Waals surface area contributed by atoms with Crippen LogP contribution in [0.2, 0.25) is 0 Å². The van der Waals surface area contributed by atoms with Crippen molar-refractivity contribution in [3.05, 3.63) is 82.7 Å². The number of benzene rings is 1. The van der Waals surface area contributed by atoms with Crippen LogP contribution in [0.25, 0.3) is 0 Å². The third-order valence-electron chi connectivity index (χ3n) is 6.33. The summed E-state index contributed by atoms with van der Waals surface area (Å²) in [4.78, 5) is 23.2. The van der Waals surface area contributed by atoms with Gasteiger partial charge in [-0.15, -0.1) is 0 Å². The summed E-state index contributed by atoms with van der Waals surface area (Å²) in [6.45, 7) is 2.99. The van der Waals surface area contributed by atoms with Crippen LogP contribution in [-0.2, 0) is 12.7 Å². The second kappa shape index (κ2) is 11.2. The predicted octanol–water partition coefficient (Wildman–Crippen LogP) is 4.13. The highest BCUT2D eigenvalue weighted by Gasteiger charge is 2.34. The van der Waals surface area contributed by atoms with E-state index in [1.165, 1.54) is 18.3 Å². The minimum atomic E-state index is -4.57. The molecule has 2 fully saturated rings. The molecule has 1 saturated heterocycles. The molecule has 3 N–H and O–H groups in total. The normalized spacial score (nSPS) is 15.9. The van der Waals surface area contributed by atoms with Gasteiger partial charge in [0.1, 0.15) is 11.6 Å². The zero-order chi connectivity index (χ0) is 26.5. The van der Waals surface area contributed by atoms with Crippen LogP contribution in [0.4, 0.5) is 24.8 Å². The Balaban J connectivity index is 1.27. The van der Waals surface area contributed by atoms with Crippen molar-refractivity contribution in [2.24, 2.45) is 0 Å². The molecule has 7 nitrogen and oxygen atoms in total. The number of amides is 1. The van der Waals surface area contributed by atoms with Crippen LogP contribution < -0.4 is 16.0 Å². The number of hydrogen-bond donors (Lipinski definition) is 3. The Bertz CT molecular complexity index is 1350. The number of anilines is 2. The third kappa shape index (κ3) is 6.88. The topological polar surface area (TPSA) is 82.2 Å². The van der Waals surface area contributed by atoms with E-state index in [4.69, 9.17) is 0 Å². The van der Waals surface area contributed by atoms with Gasteiger partial charge in [-0.2, -0.15) is 13.2 Å². The van der Waals surface area contributed by atoms with Crippen molar-refractivity contribution in [1.29, 1.82) is 0 Å². The summed E-state index contributed by atoms with van der Waals surface area (Å²) in [5.74, 6) is 6.36. The number of piperazine rings is 1. The van der Waals surface area contributed by atoms with Gasteiger partial charge in [-0.05, 0) is 54.8 Å². The highest BCUT2D eigenvalue weighted by atomic mass is 19.4. The first kappa shape index (κ1) is 25.7. The summed E-state index contributed by atoms with van der Waals surface area (Å²) in [5, 5.41) is 9.08. The molecule has 10 heteroatoms. The van der Waals surface area contributed by atoms with E-state index >= 15 is 0 Å². The van der Waals surface area contributed by atoms with Gasteiger partial charge in [0.25, 0.3) is 5.91 Å². The SMILES string of the molecule is O=C(Nc1cc(C#Cc2ccc(NC3CC3)nc2)ccn1)c1ccc(CN2CCNCC2)c(C(F)(F)F)c1. The van der Waals surface area contributed by atoms with Crippen LogP contribution >= 0.6 is 0 Å². The molecular formula is C28H27F3N6O. The van der Waals surface area contributed by atoms with Gasteiger partial charge >= 0.3 is 6.18 Å². The average molecular weight is 521 g/mol. The molecule has 0 spiro atoms. The summed E-state index contributed by atoms with van der Waals surface area (Å²) in [7, 11) is 0. The summed E-state index contributed by atoms with van der Waals surface area (Å²) < 4.78 is 41.5. The summed E-state index contributed by atoms with van der Waals surface area (Å²) >= 11 is 0. The second-order valence-electron chi connectivity index (χ2n) is 9.38. The number of alkyl halides is 3. The lowest BCUT2D eigenvalue weighted by Gasteiger charge is -2.28. The number of halogens is 3. The molecular weight excluding hydrogens is 493 g/mol. The van der Waals surface area contributed by atoms with Gasteiger partial charge in [-0.3, -0.25) is 9.69 Å². The molecule has 0 atom stereocenters. The molecule has 5 rings (SSSR count). The number of nitrogens with one attached hydrogen (secondary N) is 3. The van der Waals surface area contributed by atoms with E-state index in [0.717, 1.165) is 43.4 Å². The van der Waals surface area contributed by atoms with Crippen molar-refractivity contribution in [1.82, 2.24) is 20.2 Å². The number of carbonyl (C=O) groups excluding carboxylic acids is 1. The zero-order valence-electron chi connectivity index (χ0n) is 20.6. The third-order valence-corrected chi connectivity index (χ3v) is 6.33. The predicted molar refractivity (Wildman–Crippen MR) is 139 cm³/mol. The Morgan fingerprint density at radius 1 is 1.00 bits per heavy atom. The molecule has 0 unspecified atom stereocenters. The molecule has 3 aromatic rings. The number of hydrogen-bond acceptors (Lipinski definition) is 6. The standard InChI is InChI=1S/C28H27F3N6O/c29-28(30,31)24-16-21(4-5-22(24)18-37-13-11-32-12-14-37)27(38)36-26-15-19(9-10-33-26)1-2-20-3-8-25(34-17-20)35-23-6-7-23/h3-5,8-10,15-17,23,32H,6-7,11-14,18H2,(H,34,35)(H,33,36,38). The van der Waals surface area contributed by atoms with Crippen LogP contribution in [0.5, 0.6) is 0 Å². The van der Waals surface area contributed by atoms with E-state index in [-0.39, 0.29) is 23.5 Å². The fourth-order valence-corrected chi connectivity index (χ4v) is 4.13. The molecule has 1 saturated carbocycles. The van der Waals surface area contributed by atoms with E-state index < -0.39 is 17.6 Å². The molecule has 3 heterocycles. The number of rotatable bonds is 6. The molecule has 1 amide bonds. The smallest absolute Gasteiger partial charge is 0.367 e. The zero-order valence-corrected chi connectivity index (χ0v) is 20.6. The van der Waals surface area contributed by atoms with Crippen molar-refractivity contribution in [2.75, 3.05) is 36.8 Å². The van der Waals surface area contributed by atoms with Crippen LogP contribution in [0.1, 0.15) is 45.5 Å². The largest absolute Gasteiger partial charge is 0.416 e. The van der Waals surface area contributed by atoms with Gasteiger partial charge in [0.2, 0.25) is 0 Å². The fraction of sp³-hybridized carbons (Fsp3) is 0.321. The summed E-state index contributed by atoms with van der Waals surface area (Å²) in [5.41, 5.74) is 0.582. The molecule has 0 radical (unpaired) electrons. The average Bonchev–Trinajstić information content (AvgIpc) is 3.73. The van der Waals surface area contributed by atoms with Crippen LogP contribution in [-0.4, -0.2) is 53.0 Å². The molecule has 1 aliphatic heterocycles. The second-order valence-corrected chi connectivity index (χ2v) is 9.38. The van der Waals surface area contributed by atoms with Crippen molar-refractivity contribution < 1.29 is 18.0 Å². The van der Waals surface area contributed by atoms with Crippen molar-refractivity contribution in [2.45, 2.75) is 31.6 Å². The monoisotopic (exact) mass is 520 g/mol. The Morgan fingerprint density at radius 3 is 2.50 bits per heavy atom. The fourth-order valence-electron chi connectivity index (χ4n) is 4.13. The molecule has 196 valence electrons. The minimum absolute atomic E-state index is 0.0920. The highest BCUT2D eigenvalue weighted by Crippen LogP contribution is 2.33. The van der Waals surface area contributed by atoms with Gasteiger partial charge in [-0.1, -0.05) is 17.9 Å². The van der Waals surface area contributed by atoms with Gasteiger partial charge in [0.15, 0.2) is 0 Å². The van der Waals surface area contributed by atoms with Crippen LogP contribution in [0.15, 0.2) is 54.9 Å². The van der Waals surface area contributed by atoms with E-state index in [9.17, 15) is 18.0 Å². The Morgan fingerprint density at radius 2 is 1.79 bits per heavy atom. The molecule has 1 aromatic carbocycles. The van der Waals surface area contributed by atoms with Crippen molar-refractivity contribution in [3.8, 4) is 11.8 Å². The van der Waals surface area contributed by atoms with E-state index in [1.54, 1.807) is 18.3 Å². The highest BCUT2D eigenvalue weighted by molar-refractivity contribution is 6.04. The summed E-state index contributed by atoms with van der Waals surface area (Å²) in [6, 6.07) is 11.2. The van der Waals surface area contributed by atoms with E-state index in [0.29, 0.717) is 24.7 Å². The number of aromatic nitrogens is 2. The Hall–Kier alpha value is -3.94. The number of nitrogens with zero attached hydrogens (tertiary/aromatic N) is 3. The Kier molecular flexibility index (Phi) is 7.58. The lowest BCUT2D eigenvalue weighted by atomic mass is 10.0. The van der Waals surface area contributed by atoms with E-state index in [1.807, 2.05) is 17.0 Å². The van der Waals surface area contributed by atoms with Crippen molar-refractivity contribution in [3.63, 3.8) is 0 Å². The van der Waals surface area contributed by atoms with Gasteiger partial charge in [0.05, 0.1) is 5.56 Å². The molecule has 1 aliphatic carbocycles.